The van der Waals surface area contributed by atoms with Crippen LogP contribution in [-0.2, 0) is 4.74 Å². The van der Waals surface area contributed by atoms with Gasteiger partial charge in [0, 0.05) is 5.92 Å². The second-order valence-electron chi connectivity index (χ2n) is 4.61. The topological polar surface area (TPSA) is 26.3 Å². The molecule has 1 atom stereocenters. The van der Waals surface area contributed by atoms with Crippen molar-refractivity contribution >= 4 is 18.1 Å². The highest BCUT2D eigenvalue weighted by molar-refractivity contribution is 5.91. The van der Waals surface area contributed by atoms with Gasteiger partial charge in [-0.25, -0.2) is 4.79 Å². The van der Waals surface area contributed by atoms with Crippen LogP contribution in [0.3, 0.4) is 0 Å². The molecule has 0 spiro atoms. The Morgan fingerprint density at radius 1 is 1.11 bits per heavy atom. The van der Waals surface area contributed by atoms with Crippen molar-refractivity contribution < 1.29 is 9.53 Å². The lowest BCUT2D eigenvalue weighted by Gasteiger charge is -2.10. The predicted octanol–water partition coefficient (Wildman–Crippen LogP) is 3.63. The first-order valence-corrected chi connectivity index (χ1v) is 6.25. The smallest absolute Gasteiger partial charge is 0.337 e. The number of carbonyl (C=O) groups is 1. The van der Waals surface area contributed by atoms with Crippen LogP contribution in [-0.4, -0.2) is 13.1 Å². The summed E-state index contributed by atoms with van der Waals surface area (Å²) >= 11 is 0. The Morgan fingerprint density at radius 3 is 2.84 bits per heavy atom. The van der Waals surface area contributed by atoms with Crippen LogP contribution in [0, 0.1) is 5.92 Å². The van der Waals surface area contributed by atoms with Crippen molar-refractivity contribution in [3.63, 3.8) is 0 Å². The highest BCUT2D eigenvalue weighted by Crippen LogP contribution is 2.29. The van der Waals surface area contributed by atoms with E-state index in [1.807, 2.05) is 18.2 Å². The van der Waals surface area contributed by atoms with E-state index < -0.39 is 0 Å². The van der Waals surface area contributed by atoms with E-state index in [0.29, 0.717) is 11.5 Å². The molecular formula is C17H14O2. The molecule has 0 radical (unpaired) electrons. The van der Waals surface area contributed by atoms with Crippen molar-refractivity contribution in [2.75, 3.05) is 7.11 Å². The minimum Gasteiger partial charge on any atom is -0.465 e. The summed E-state index contributed by atoms with van der Waals surface area (Å²) in [4.78, 5) is 11.6. The van der Waals surface area contributed by atoms with Gasteiger partial charge in [0.1, 0.15) is 0 Å². The fourth-order valence-electron chi connectivity index (χ4n) is 2.37. The molecule has 1 aromatic rings. The van der Waals surface area contributed by atoms with Gasteiger partial charge in [0.25, 0.3) is 0 Å². The van der Waals surface area contributed by atoms with E-state index in [2.05, 4.69) is 36.5 Å². The summed E-state index contributed by atoms with van der Waals surface area (Å²) in [7, 11) is 1.40. The molecule has 2 nitrogen and oxygen atoms in total. The minimum atomic E-state index is -0.301. The molecular weight excluding hydrogens is 236 g/mol. The van der Waals surface area contributed by atoms with E-state index in [1.165, 1.54) is 12.7 Å². The molecule has 19 heavy (non-hydrogen) atoms. The summed E-state index contributed by atoms with van der Waals surface area (Å²) in [5.74, 6) is 0.0179. The number of esters is 1. The third-order valence-corrected chi connectivity index (χ3v) is 3.42. The maximum absolute atomic E-state index is 11.6. The standard InChI is InChI=1S/C17H14O2/c1-19-17(18)16-9-8-14-10-13-5-3-2-4-12(13)6-7-15(14)11-16/h2-12H,1H3. The van der Waals surface area contributed by atoms with E-state index in [-0.39, 0.29) is 5.97 Å². The average Bonchev–Trinajstić information content (AvgIpc) is 2.64. The lowest BCUT2D eigenvalue weighted by Crippen LogP contribution is -2.01. The first-order chi connectivity index (χ1) is 9.28. The number of rotatable bonds is 1. The van der Waals surface area contributed by atoms with Crippen LogP contribution in [0.4, 0.5) is 0 Å². The molecule has 0 saturated heterocycles. The van der Waals surface area contributed by atoms with Gasteiger partial charge in [0.05, 0.1) is 12.7 Å². The van der Waals surface area contributed by atoms with E-state index in [0.717, 1.165) is 11.1 Å². The van der Waals surface area contributed by atoms with E-state index in [4.69, 9.17) is 4.74 Å². The van der Waals surface area contributed by atoms with Crippen LogP contribution in [0.1, 0.15) is 21.5 Å². The second-order valence-corrected chi connectivity index (χ2v) is 4.61. The van der Waals surface area contributed by atoms with Gasteiger partial charge in [-0.2, -0.15) is 0 Å². The first kappa shape index (κ1) is 11.7. The lowest BCUT2D eigenvalue weighted by atomic mass is 9.94. The zero-order chi connectivity index (χ0) is 13.2. The summed E-state index contributed by atoms with van der Waals surface area (Å²) in [6.45, 7) is 0. The van der Waals surface area contributed by atoms with Crippen molar-refractivity contribution in [3.8, 4) is 0 Å². The number of carbonyl (C=O) groups excluding carboxylic acids is 1. The largest absolute Gasteiger partial charge is 0.465 e. The Kier molecular flexibility index (Phi) is 2.92. The second kappa shape index (κ2) is 4.73. The third-order valence-electron chi connectivity index (χ3n) is 3.42. The van der Waals surface area contributed by atoms with E-state index >= 15 is 0 Å². The molecule has 0 aromatic heterocycles. The van der Waals surface area contributed by atoms with E-state index in [1.54, 1.807) is 6.07 Å². The summed E-state index contributed by atoms with van der Waals surface area (Å²) in [5.41, 5.74) is 4.02. The van der Waals surface area contributed by atoms with Gasteiger partial charge in [-0.05, 0) is 28.8 Å². The zero-order valence-electron chi connectivity index (χ0n) is 10.7. The Morgan fingerprint density at radius 2 is 2.00 bits per heavy atom. The van der Waals surface area contributed by atoms with Gasteiger partial charge >= 0.3 is 5.97 Å². The molecule has 0 saturated carbocycles. The Bertz CT molecular complexity index is 645. The number of ether oxygens (including phenoxy) is 1. The van der Waals surface area contributed by atoms with Crippen LogP contribution in [0.5, 0.6) is 0 Å². The number of hydrogen-bond acceptors (Lipinski definition) is 2. The SMILES string of the molecule is COC(=O)c1ccc2c(c1)C=CC1C=CC=CC1=C2. The molecule has 0 amide bonds. The molecule has 0 N–H and O–H groups in total. The number of benzene rings is 1. The summed E-state index contributed by atoms with van der Waals surface area (Å²) in [6, 6.07) is 5.64. The van der Waals surface area contributed by atoms with Gasteiger partial charge in [0.15, 0.2) is 0 Å². The predicted molar refractivity (Wildman–Crippen MR) is 76.6 cm³/mol. The molecule has 0 bridgehead atoms. The summed E-state index contributed by atoms with van der Waals surface area (Å²) < 4.78 is 4.75. The van der Waals surface area contributed by atoms with Crippen LogP contribution in [0.25, 0.3) is 12.2 Å². The maximum atomic E-state index is 11.6. The molecule has 94 valence electrons. The monoisotopic (exact) mass is 250 g/mol. The molecule has 1 unspecified atom stereocenters. The number of hydrogen-bond donors (Lipinski definition) is 0. The van der Waals surface area contributed by atoms with E-state index in [9.17, 15) is 4.79 Å². The minimum absolute atomic E-state index is 0.301. The molecule has 1 aromatic carbocycles. The van der Waals surface area contributed by atoms with Crippen molar-refractivity contribution in [1.29, 1.82) is 0 Å². The summed E-state index contributed by atoms with van der Waals surface area (Å²) in [5, 5.41) is 0. The normalized spacial score (nSPS) is 19.2. The molecule has 2 aliphatic rings. The van der Waals surface area contributed by atoms with Crippen molar-refractivity contribution in [2.45, 2.75) is 0 Å². The first-order valence-electron chi connectivity index (χ1n) is 6.25. The Hall–Kier alpha value is -2.35. The molecule has 0 aliphatic heterocycles. The maximum Gasteiger partial charge on any atom is 0.337 e. The molecule has 0 heterocycles. The Balaban J connectivity index is 2.07. The highest BCUT2D eigenvalue weighted by Gasteiger charge is 2.14. The van der Waals surface area contributed by atoms with Gasteiger partial charge in [-0.1, -0.05) is 48.6 Å². The van der Waals surface area contributed by atoms with Crippen LogP contribution >= 0.6 is 0 Å². The van der Waals surface area contributed by atoms with Gasteiger partial charge in [-0.3, -0.25) is 0 Å². The fraction of sp³-hybridized carbons (Fsp3) is 0.118. The van der Waals surface area contributed by atoms with Crippen LogP contribution in [0.2, 0.25) is 0 Å². The van der Waals surface area contributed by atoms with Crippen LogP contribution in [0.15, 0.2) is 54.2 Å². The molecule has 3 rings (SSSR count). The highest BCUT2D eigenvalue weighted by atomic mass is 16.5. The van der Waals surface area contributed by atoms with Crippen molar-refractivity contribution in [3.05, 3.63) is 70.8 Å². The number of allylic oxidation sites excluding steroid dienone is 6. The lowest BCUT2D eigenvalue weighted by molar-refractivity contribution is 0.0600. The Labute approximate surface area is 112 Å². The molecule has 0 fully saturated rings. The summed E-state index contributed by atoms with van der Waals surface area (Å²) in [6.07, 6.45) is 14.8. The van der Waals surface area contributed by atoms with Crippen molar-refractivity contribution in [1.82, 2.24) is 0 Å². The quantitative estimate of drug-likeness (QED) is 0.711. The average molecular weight is 250 g/mol. The zero-order valence-corrected chi connectivity index (χ0v) is 10.7. The van der Waals surface area contributed by atoms with Crippen molar-refractivity contribution in [2.24, 2.45) is 5.92 Å². The fourth-order valence-corrected chi connectivity index (χ4v) is 2.37. The van der Waals surface area contributed by atoms with Gasteiger partial charge < -0.3 is 4.74 Å². The number of methoxy groups -OCH3 is 1. The molecule has 2 aliphatic carbocycles. The van der Waals surface area contributed by atoms with Gasteiger partial charge in [0.2, 0.25) is 0 Å². The number of fused-ring (bicyclic) bond motifs is 2. The van der Waals surface area contributed by atoms with Gasteiger partial charge in [-0.15, -0.1) is 0 Å². The van der Waals surface area contributed by atoms with Crippen LogP contribution < -0.4 is 0 Å². The third kappa shape index (κ3) is 2.17. The molecule has 2 heteroatoms.